The van der Waals surface area contributed by atoms with Gasteiger partial charge in [-0.05, 0) is 6.92 Å². The molecule has 4 aliphatic heterocycles. The maximum atomic E-state index is 13.1. The lowest BCUT2D eigenvalue weighted by atomic mass is 9.88. The maximum Gasteiger partial charge on any atom is 0.364 e. The summed E-state index contributed by atoms with van der Waals surface area (Å²) in [6.07, 6.45) is -40.4. The predicted molar refractivity (Wildman–Crippen MR) is 227 cm³/mol. The number of amides is 3. The molecule has 0 aromatic carbocycles. The third kappa shape index (κ3) is 14.1. The van der Waals surface area contributed by atoms with Crippen molar-refractivity contribution in [3.8, 4) is 0 Å². The van der Waals surface area contributed by atoms with Gasteiger partial charge < -0.3 is 136 Å². The van der Waals surface area contributed by atoms with Gasteiger partial charge in [-0.15, -0.1) is 0 Å². The second-order valence-electron chi connectivity index (χ2n) is 17.9. The zero-order valence-electron chi connectivity index (χ0n) is 39.4. The highest BCUT2D eigenvalue weighted by molar-refractivity contribution is 5.77. The number of carboxylic acids is 3. The Kier molecular flexibility index (Phi) is 21.6. The Morgan fingerprint density at radius 2 is 1.08 bits per heavy atom. The van der Waals surface area contributed by atoms with Crippen molar-refractivity contribution >= 4 is 35.6 Å². The summed E-state index contributed by atoms with van der Waals surface area (Å²) < 4.78 is 45.9. The van der Waals surface area contributed by atoms with E-state index in [4.69, 9.17) is 43.6 Å². The lowest BCUT2D eigenvalue weighted by molar-refractivity contribution is -0.383. The van der Waals surface area contributed by atoms with Gasteiger partial charge in [0.2, 0.25) is 17.7 Å². The van der Waals surface area contributed by atoms with Gasteiger partial charge in [-0.25, -0.2) is 9.59 Å². The highest BCUT2D eigenvalue weighted by Gasteiger charge is 2.61. The molecule has 0 radical (unpaired) electrons. The highest BCUT2D eigenvalue weighted by Crippen LogP contribution is 2.40. The Morgan fingerprint density at radius 3 is 1.52 bits per heavy atom. The number of aliphatic hydroxyl groups excluding tert-OH is 12. The monoisotopic (exact) mass is 1070 g/mol. The number of nitrogens with one attached hydrogen (secondary N) is 3. The van der Waals surface area contributed by atoms with Crippen LogP contribution >= 0.6 is 0 Å². The summed E-state index contributed by atoms with van der Waals surface area (Å²) in [7, 11) is 0. The number of carboxylic acid groups (broad SMARTS) is 3. The van der Waals surface area contributed by atoms with Crippen LogP contribution in [0.1, 0.15) is 40.5 Å². The summed E-state index contributed by atoms with van der Waals surface area (Å²) in [5.74, 6) is -14.7. The molecule has 4 aliphatic rings. The Bertz CT molecular complexity index is 1910. The van der Waals surface area contributed by atoms with Crippen LogP contribution < -0.4 is 21.7 Å². The van der Waals surface area contributed by atoms with Crippen molar-refractivity contribution < 1.29 is 143 Å². The van der Waals surface area contributed by atoms with Gasteiger partial charge in [0.25, 0.3) is 11.6 Å². The molecule has 3 amide bonds. The van der Waals surface area contributed by atoms with Crippen LogP contribution in [-0.4, -0.2) is 285 Å². The molecule has 0 aliphatic carbocycles. The topological polar surface area (TPSA) is 542 Å². The number of aliphatic hydroxyl groups is 12. The average molecular weight is 1070 g/mol. The first-order valence-electron chi connectivity index (χ1n) is 22.5. The lowest BCUT2D eigenvalue weighted by Gasteiger charge is -2.51. The number of aliphatic carboxylic acids is 3. The Labute approximate surface area is 413 Å². The molecule has 0 aromatic rings. The molecule has 24 atom stereocenters. The molecular weight excluding hydrogens is 1000 g/mol. The normalized spacial score (nSPS) is 39.4. The fourth-order valence-corrected chi connectivity index (χ4v) is 8.64. The van der Waals surface area contributed by atoms with Crippen LogP contribution in [0, 0.1) is 0 Å². The highest BCUT2D eigenvalue weighted by atomic mass is 16.8. The molecule has 4 rings (SSSR count). The second kappa shape index (κ2) is 25.7. The molecule has 0 bridgehead atoms. The van der Waals surface area contributed by atoms with Gasteiger partial charge in [-0.1, -0.05) is 0 Å². The van der Waals surface area contributed by atoms with Crippen molar-refractivity contribution in [2.75, 3.05) is 26.4 Å². The van der Waals surface area contributed by atoms with Crippen LogP contribution in [0.25, 0.3) is 0 Å². The van der Waals surface area contributed by atoms with E-state index in [1.54, 1.807) is 0 Å². The lowest BCUT2D eigenvalue weighted by Crippen LogP contribution is -2.71. The number of carbonyl (C=O) groups is 6. The van der Waals surface area contributed by atoms with Crippen molar-refractivity contribution in [3.05, 3.63) is 0 Å². The number of rotatable bonds is 23. The van der Waals surface area contributed by atoms with Crippen LogP contribution in [-0.2, 0) is 66.7 Å². The van der Waals surface area contributed by atoms with E-state index in [2.05, 4.69) is 16.0 Å². The summed E-state index contributed by atoms with van der Waals surface area (Å²) in [5.41, 5.74) is 5.77. The Hall–Kier alpha value is -4.02. The zero-order chi connectivity index (χ0) is 55.2. The minimum absolute atomic E-state index is 0.818. The number of nitrogens with two attached hydrogens (primary N) is 1. The third-order valence-electron chi connectivity index (χ3n) is 12.5. The Morgan fingerprint density at radius 1 is 0.644 bits per heavy atom. The largest absolute Gasteiger partial charge is 0.480 e. The van der Waals surface area contributed by atoms with E-state index in [9.17, 15) is 105 Å². The molecule has 0 saturated carbocycles. The van der Waals surface area contributed by atoms with Crippen molar-refractivity contribution in [3.63, 3.8) is 0 Å². The van der Waals surface area contributed by atoms with E-state index < -0.39 is 221 Å². The van der Waals surface area contributed by atoms with Crippen LogP contribution in [0.4, 0.5) is 0 Å². The first-order valence-corrected chi connectivity index (χ1v) is 22.5. The summed E-state index contributed by atoms with van der Waals surface area (Å²) in [5, 5.41) is 167. The quantitative estimate of drug-likeness (QED) is 0.0452. The van der Waals surface area contributed by atoms with Gasteiger partial charge in [-0.3, -0.25) is 19.2 Å². The standard InChI is InChI=1S/C40H66N4O29/c1-11(21(41)34(60)61)67-35-24(44-14(4)50)30(28(58)20(69-35)10-66-39(37(62)63)5-15(51)22(42-12(2)48)31(71-39)25(55)17(53)7-45)70-36-29(59)33(27(57)19(9-47)68-36)73-40(38(64)65)6-16(52)23(43-13(3)49)32(72-40)26(56)18(54)8-46/h11,15-33,35-36,45-47,51-59H,5-10,41H2,1-4H3,(H,42,48)(H,43,49)(H,44,50)(H,60,61)(H,62,63)(H,64,65)/t11-,15+,16+,17-,18-,19-,20-,21+,22-,23-,24-,25-,26-,27+,28+,29-,30-,31-,32-,33+,35+,36+,39-,40+/m1/s1. The van der Waals surface area contributed by atoms with E-state index >= 15 is 0 Å². The molecule has 4 fully saturated rings. The summed E-state index contributed by atoms with van der Waals surface area (Å²) in [6, 6.07) is -7.03. The fraction of sp³-hybridized carbons (Fsp3) is 0.850. The first kappa shape index (κ1) is 61.5. The molecule has 0 aromatic heterocycles. The molecular formula is C40H66N4O29. The van der Waals surface area contributed by atoms with Crippen molar-refractivity contribution in [1.82, 2.24) is 16.0 Å². The molecule has 33 heteroatoms. The van der Waals surface area contributed by atoms with Crippen LogP contribution in [0.5, 0.6) is 0 Å². The van der Waals surface area contributed by atoms with E-state index in [0.717, 1.165) is 27.7 Å². The van der Waals surface area contributed by atoms with Gasteiger partial charge in [0.15, 0.2) is 12.6 Å². The summed E-state index contributed by atoms with van der Waals surface area (Å²) >= 11 is 0. The molecule has 0 spiro atoms. The van der Waals surface area contributed by atoms with Gasteiger partial charge in [-0.2, -0.15) is 0 Å². The van der Waals surface area contributed by atoms with Crippen LogP contribution in [0.3, 0.4) is 0 Å². The van der Waals surface area contributed by atoms with Crippen molar-refractivity contribution in [2.45, 2.75) is 187 Å². The van der Waals surface area contributed by atoms with E-state index in [1.165, 1.54) is 0 Å². The zero-order valence-corrected chi connectivity index (χ0v) is 39.4. The third-order valence-corrected chi connectivity index (χ3v) is 12.5. The SMILES string of the molecule is CC(=O)N[C@H]1[C@@H](O[C@H](C)[C@H](N)C(=O)O)O[C@H](CO[C@]2(C(=O)O)C[C@H](O)[C@@H](NC(C)=O)[C@H]([C@H](O)[C@H](O)CO)O2)[C@H](O)[C@@H]1O[C@@H]1O[C@H](CO)[C@H](O)[C@H](O[C@]2(C(=O)O)C[C@H](O)[C@@H](NC(C)=O)[C@H]([C@H](O)[C@H](O)CO)O2)[C@H]1O. The molecule has 4 heterocycles. The van der Waals surface area contributed by atoms with Crippen molar-refractivity contribution in [1.29, 1.82) is 0 Å². The van der Waals surface area contributed by atoms with Gasteiger partial charge in [0, 0.05) is 33.6 Å². The molecule has 4 saturated heterocycles. The van der Waals surface area contributed by atoms with E-state index in [0.29, 0.717) is 0 Å². The average Bonchev–Trinajstić information content (AvgIpc) is 3.31. The first-order chi connectivity index (χ1) is 34.0. The predicted octanol–water partition coefficient (Wildman–Crippen LogP) is -11.1. The number of hydrogen-bond donors (Lipinski definition) is 19. The molecule has 0 unspecified atom stereocenters. The van der Waals surface area contributed by atoms with E-state index in [-0.39, 0.29) is 0 Å². The maximum absolute atomic E-state index is 13.1. The molecule has 73 heavy (non-hydrogen) atoms. The van der Waals surface area contributed by atoms with Gasteiger partial charge in [0.05, 0.1) is 56.8 Å². The minimum atomic E-state index is -3.25. The molecule has 33 nitrogen and oxygen atoms in total. The number of hydrogen-bond acceptors (Lipinski definition) is 27. The van der Waals surface area contributed by atoms with Crippen LogP contribution in [0.15, 0.2) is 0 Å². The second-order valence-corrected chi connectivity index (χ2v) is 17.9. The van der Waals surface area contributed by atoms with Crippen molar-refractivity contribution in [2.24, 2.45) is 5.73 Å². The van der Waals surface area contributed by atoms with Gasteiger partial charge >= 0.3 is 17.9 Å². The van der Waals surface area contributed by atoms with E-state index in [1.807, 2.05) is 0 Å². The summed E-state index contributed by atoms with van der Waals surface area (Å²) in [6.45, 7) is -0.618. The smallest absolute Gasteiger partial charge is 0.364 e. The number of carbonyl (C=O) groups excluding carboxylic acids is 3. The molecule has 420 valence electrons. The number of ether oxygens (including phenoxy) is 8. The van der Waals surface area contributed by atoms with Crippen LogP contribution in [0.2, 0.25) is 0 Å². The Balaban J connectivity index is 1.78. The molecule has 20 N–H and O–H groups in total. The van der Waals surface area contributed by atoms with Gasteiger partial charge in [0.1, 0.15) is 91.4 Å². The minimum Gasteiger partial charge on any atom is -0.480 e. The summed E-state index contributed by atoms with van der Waals surface area (Å²) in [4.78, 5) is 74.7. The fourth-order valence-electron chi connectivity index (χ4n) is 8.64.